The molecule has 182 valence electrons. The third-order valence-electron chi connectivity index (χ3n) is 7.71. The second-order valence-corrected chi connectivity index (χ2v) is 11.7. The first kappa shape index (κ1) is 22.5. The smallest absolute Gasteiger partial charge is 0.302 e. The molecule has 2 aromatic heterocycles. The van der Waals surface area contributed by atoms with Gasteiger partial charge in [0.1, 0.15) is 22.2 Å². The summed E-state index contributed by atoms with van der Waals surface area (Å²) >= 11 is 5.93. The Bertz CT molecular complexity index is 1130. The van der Waals surface area contributed by atoms with Gasteiger partial charge in [-0.1, -0.05) is 11.6 Å². The predicted molar refractivity (Wildman–Crippen MR) is 123 cm³/mol. The Kier molecular flexibility index (Phi) is 5.31. The molecule has 6 rings (SSSR count). The minimum atomic E-state index is -3.28. The first-order valence-electron chi connectivity index (χ1n) is 11.6. The topological polar surface area (TPSA) is 104 Å². The van der Waals surface area contributed by atoms with E-state index in [0.29, 0.717) is 17.9 Å². The Morgan fingerprint density at radius 1 is 1.18 bits per heavy atom. The Morgan fingerprint density at radius 3 is 2.44 bits per heavy atom. The summed E-state index contributed by atoms with van der Waals surface area (Å²) in [7, 11) is -1.91. The number of aliphatic hydroxyl groups excluding tert-OH is 1. The highest BCUT2D eigenvalue weighted by Gasteiger charge is 2.51. The molecule has 0 amide bonds. The van der Waals surface area contributed by atoms with E-state index in [1.807, 2.05) is 0 Å². The standard InChI is InChI=1S/C22H25ClF2N6O2S/c23-13-8-26-18(27-9-13)12-6-14-2-3-15(7-12)31(14)20-28-17-16(34(33)11-22(17,24)25)19(29-20)30-21(10-32)4-1-5-21/h8-9,12,14-15,32H,1-7,10-11H2,(H,28,29,30)/t12?,14?,15?,34-/m0/s1. The monoisotopic (exact) mass is 510 g/mol. The fourth-order valence-electron chi connectivity index (χ4n) is 5.83. The van der Waals surface area contributed by atoms with Gasteiger partial charge >= 0.3 is 5.92 Å². The molecule has 0 radical (unpaired) electrons. The summed E-state index contributed by atoms with van der Waals surface area (Å²) in [4.78, 5) is 19.8. The largest absolute Gasteiger partial charge is 0.394 e. The van der Waals surface area contributed by atoms with Gasteiger partial charge in [0.2, 0.25) is 5.95 Å². The van der Waals surface area contributed by atoms with Crippen molar-refractivity contribution in [3.8, 4) is 0 Å². The van der Waals surface area contributed by atoms with Gasteiger partial charge in [-0.05, 0) is 44.9 Å². The van der Waals surface area contributed by atoms with E-state index in [1.54, 1.807) is 12.4 Å². The molecule has 4 aliphatic rings. The average molecular weight is 511 g/mol. The Morgan fingerprint density at radius 2 is 1.85 bits per heavy atom. The summed E-state index contributed by atoms with van der Waals surface area (Å²) in [6.07, 6.45) is 8.88. The number of alkyl halides is 2. The molecule has 2 unspecified atom stereocenters. The van der Waals surface area contributed by atoms with E-state index in [0.717, 1.165) is 37.9 Å². The lowest BCUT2D eigenvalue weighted by atomic mass is 9.77. The second kappa shape index (κ2) is 8.03. The molecule has 2 N–H and O–H groups in total. The van der Waals surface area contributed by atoms with Gasteiger partial charge in [-0.3, -0.25) is 4.21 Å². The van der Waals surface area contributed by atoms with Crippen LogP contribution in [0.1, 0.15) is 62.4 Å². The van der Waals surface area contributed by atoms with Crippen molar-refractivity contribution in [2.45, 2.75) is 79.3 Å². The molecule has 1 saturated carbocycles. The number of rotatable bonds is 5. The van der Waals surface area contributed by atoms with E-state index in [2.05, 4.69) is 30.2 Å². The fraction of sp³-hybridized carbons (Fsp3) is 0.636. The van der Waals surface area contributed by atoms with Crippen molar-refractivity contribution in [3.63, 3.8) is 0 Å². The molecule has 3 aliphatic heterocycles. The number of nitrogens with one attached hydrogen (secondary N) is 1. The van der Waals surface area contributed by atoms with Gasteiger partial charge in [-0.25, -0.2) is 15.0 Å². The number of hydrogen-bond acceptors (Lipinski definition) is 8. The molecule has 0 spiro atoms. The van der Waals surface area contributed by atoms with Gasteiger partial charge in [0.25, 0.3) is 0 Å². The van der Waals surface area contributed by atoms with E-state index >= 15 is 0 Å². The van der Waals surface area contributed by atoms with Gasteiger partial charge in [0.15, 0.2) is 0 Å². The zero-order valence-corrected chi connectivity index (χ0v) is 20.0. The molecule has 8 nitrogen and oxygen atoms in total. The molecule has 2 bridgehead atoms. The van der Waals surface area contributed by atoms with Crippen molar-refractivity contribution in [1.82, 2.24) is 19.9 Å². The van der Waals surface area contributed by atoms with Gasteiger partial charge < -0.3 is 15.3 Å². The second-order valence-electron chi connectivity index (χ2n) is 9.88. The van der Waals surface area contributed by atoms with E-state index in [1.165, 1.54) is 0 Å². The summed E-state index contributed by atoms with van der Waals surface area (Å²) < 4.78 is 42.3. The summed E-state index contributed by atoms with van der Waals surface area (Å²) in [6.45, 7) is -0.137. The molecule has 34 heavy (non-hydrogen) atoms. The Hall–Kier alpha value is -1.98. The first-order chi connectivity index (χ1) is 16.3. The van der Waals surface area contributed by atoms with Crippen LogP contribution in [0.15, 0.2) is 17.3 Å². The van der Waals surface area contributed by atoms with Crippen LogP contribution in [0, 0.1) is 0 Å². The lowest BCUT2D eigenvalue weighted by Gasteiger charge is -2.42. The lowest BCUT2D eigenvalue weighted by Crippen LogP contribution is -2.49. The molecule has 5 heterocycles. The maximum absolute atomic E-state index is 14.8. The molecule has 3 fully saturated rings. The van der Waals surface area contributed by atoms with Crippen LogP contribution in [0.3, 0.4) is 0 Å². The maximum Gasteiger partial charge on any atom is 0.302 e. The fourth-order valence-corrected chi connectivity index (χ4v) is 7.26. The SMILES string of the molecule is O=[S@]1CC(F)(F)c2nc(N3C4CCC3CC(c3ncc(Cl)cn3)C4)nc(NC3(CO)CCC3)c21. The van der Waals surface area contributed by atoms with Crippen LogP contribution < -0.4 is 10.2 Å². The summed E-state index contributed by atoms with van der Waals surface area (Å²) in [5.41, 5.74) is -1.06. The van der Waals surface area contributed by atoms with Crippen LogP contribution in [0.5, 0.6) is 0 Å². The van der Waals surface area contributed by atoms with Crippen molar-refractivity contribution in [2.24, 2.45) is 0 Å². The molecule has 12 heteroatoms. The summed E-state index contributed by atoms with van der Waals surface area (Å²) in [6, 6.07) is 0.148. The van der Waals surface area contributed by atoms with Gasteiger partial charge in [0.05, 0.1) is 33.7 Å². The minimum Gasteiger partial charge on any atom is -0.394 e. The van der Waals surface area contributed by atoms with Crippen molar-refractivity contribution in [1.29, 1.82) is 0 Å². The van der Waals surface area contributed by atoms with Crippen LogP contribution in [0.4, 0.5) is 20.5 Å². The van der Waals surface area contributed by atoms with Crippen molar-refractivity contribution < 1.29 is 18.1 Å². The minimum absolute atomic E-state index is 0.0229. The molecule has 2 saturated heterocycles. The normalized spacial score (nSPS) is 30.6. The third-order valence-corrected chi connectivity index (χ3v) is 9.37. The Labute approximate surface area is 203 Å². The highest BCUT2D eigenvalue weighted by Crippen LogP contribution is 2.48. The number of aliphatic hydroxyl groups is 1. The zero-order chi connectivity index (χ0) is 23.7. The summed E-state index contributed by atoms with van der Waals surface area (Å²) in [5.74, 6) is -2.75. The lowest BCUT2D eigenvalue weighted by molar-refractivity contribution is 0.0191. The molecule has 1 aliphatic carbocycles. The van der Waals surface area contributed by atoms with Crippen LogP contribution in [-0.2, 0) is 16.7 Å². The predicted octanol–water partition coefficient (Wildman–Crippen LogP) is 3.37. The first-order valence-corrected chi connectivity index (χ1v) is 13.3. The maximum atomic E-state index is 14.8. The number of hydrogen-bond donors (Lipinski definition) is 2. The van der Waals surface area contributed by atoms with Crippen LogP contribution in [-0.4, -0.2) is 59.2 Å². The van der Waals surface area contributed by atoms with E-state index in [4.69, 9.17) is 11.6 Å². The quantitative estimate of drug-likeness (QED) is 0.631. The zero-order valence-electron chi connectivity index (χ0n) is 18.4. The molecule has 0 aromatic carbocycles. The molecule has 2 aromatic rings. The van der Waals surface area contributed by atoms with Crippen molar-refractivity contribution >= 4 is 34.2 Å². The number of nitrogens with zero attached hydrogens (tertiary/aromatic N) is 5. The molecular weight excluding hydrogens is 486 g/mol. The highest BCUT2D eigenvalue weighted by molar-refractivity contribution is 7.85. The number of piperidine rings is 1. The number of anilines is 2. The van der Waals surface area contributed by atoms with E-state index < -0.39 is 33.7 Å². The van der Waals surface area contributed by atoms with Gasteiger partial charge in [-0.15, -0.1) is 0 Å². The average Bonchev–Trinajstić information content (AvgIpc) is 3.18. The molecular formula is C22H25ClF2N6O2S. The number of fused-ring (bicyclic) bond motifs is 3. The highest BCUT2D eigenvalue weighted by atomic mass is 35.5. The van der Waals surface area contributed by atoms with Gasteiger partial charge in [-0.2, -0.15) is 13.8 Å². The Balaban J connectivity index is 1.36. The number of aromatic nitrogens is 4. The van der Waals surface area contributed by atoms with Crippen LogP contribution in [0.25, 0.3) is 0 Å². The third kappa shape index (κ3) is 3.58. The van der Waals surface area contributed by atoms with E-state index in [-0.39, 0.29) is 41.3 Å². The van der Waals surface area contributed by atoms with Gasteiger partial charge in [0, 0.05) is 30.4 Å². The summed E-state index contributed by atoms with van der Waals surface area (Å²) in [5, 5.41) is 13.6. The number of halogens is 3. The van der Waals surface area contributed by atoms with Crippen molar-refractivity contribution in [3.05, 3.63) is 28.9 Å². The van der Waals surface area contributed by atoms with Crippen molar-refractivity contribution in [2.75, 3.05) is 22.6 Å². The molecule has 3 atom stereocenters. The van der Waals surface area contributed by atoms with Crippen LogP contribution in [0.2, 0.25) is 5.02 Å². The van der Waals surface area contributed by atoms with E-state index in [9.17, 15) is 18.1 Å². The van der Waals surface area contributed by atoms with Crippen LogP contribution >= 0.6 is 11.6 Å².